The van der Waals surface area contributed by atoms with Crippen molar-refractivity contribution in [2.75, 3.05) is 0 Å². The van der Waals surface area contributed by atoms with E-state index in [1.54, 1.807) is 0 Å². The predicted molar refractivity (Wildman–Crippen MR) is 79.1 cm³/mol. The zero-order chi connectivity index (χ0) is 14.4. The fraction of sp³-hybridized carbons (Fsp3) is 1.00. The Kier molecular flexibility index (Phi) is 0.286. The van der Waals surface area contributed by atoms with Gasteiger partial charge in [-0.1, -0.05) is 0 Å². The zero-order valence-electron chi connectivity index (χ0n) is 14.4. The molecule has 1 heteroatoms. The second-order valence-corrected chi connectivity index (χ2v) is 36.9. The molecule has 0 N–H and O–H groups in total. The van der Waals surface area contributed by atoms with Crippen LogP contribution in [-0.2, 0) is 6.51 Å². The van der Waals surface area contributed by atoms with Crippen LogP contribution >= 0.6 is 0 Å². The Hall–Kier alpha value is 0.519. The molecule has 0 nitrogen and oxygen atoms in total. The molecule has 10 heterocycles. The van der Waals surface area contributed by atoms with Crippen LogP contribution in [0.5, 0.6) is 0 Å². The summed E-state index contributed by atoms with van der Waals surface area (Å²) in [5, 5.41) is 0. The van der Waals surface area contributed by atoms with Crippen molar-refractivity contribution in [2.45, 2.75) is 106 Å². The third-order valence-electron chi connectivity index (χ3n) is 23.1. The first-order valence-corrected chi connectivity index (χ1v) is 14.5. The SMILES string of the molecule is C[C]12[CH]3[C]4(C)[C]5(C)[C]1(C)[Fe]32451678[C]2(C)[C]1(C)[C]6(C)[C]7(C)[C]28C. The van der Waals surface area contributed by atoms with Crippen molar-refractivity contribution in [2.24, 2.45) is 0 Å². The molecular formula is C19H28Fe. The predicted octanol–water partition coefficient (Wildman–Crippen LogP) is 6.89. The third-order valence-corrected chi connectivity index (χ3v) is 79.8. The molecule has 10 aliphatic heterocycles. The van der Waals surface area contributed by atoms with Gasteiger partial charge in [-0.3, -0.25) is 0 Å². The van der Waals surface area contributed by atoms with E-state index in [1.807, 2.05) is 0 Å². The fourth-order valence-electron chi connectivity index (χ4n) is 29.8. The van der Waals surface area contributed by atoms with E-state index in [1.165, 1.54) is 4.82 Å². The van der Waals surface area contributed by atoms with Crippen LogP contribution < -0.4 is 0 Å². The van der Waals surface area contributed by atoms with Crippen LogP contribution in [0.2, 0.25) is 43.6 Å². The monoisotopic (exact) mass is 312 g/mol. The number of fused-ring (bicyclic) bond motifs is 10. The van der Waals surface area contributed by atoms with Crippen molar-refractivity contribution in [1.82, 2.24) is 0 Å². The summed E-state index contributed by atoms with van der Waals surface area (Å²) in [5.74, 6) is 0. The van der Waals surface area contributed by atoms with Gasteiger partial charge in [0.1, 0.15) is 0 Å². The van der Waals surface area contributed by atoms with E-state index in [4.69, 9.17) is 0 Å². The summed E-state index contributed by atoms with van der Waals surface area (Å²) in [5.41, 5.74) is 0. The topological polar surface area (TPSA) is 0 Å². The van der Waals surface area contributed by atoms with E-state index in [0.29, 0.717) is 0 Å². The first-order chi connectivity index (χ1) is 8.68. The molecule has 10 aliphatic rings. The van der Waals surface area contributed by atoms with E-state index >= 15 is 0 Å². The Labute approximate surface area is 112 Å². The minimum atomic E-state index is -3.80. The molecule has 4 unspecified atom stereocenters. The van der Waals surface area contributed by atoms with Crippen LogP contribution in [0.1, 0.15) is 62.3 Å². The van der Waals surface area contributed by atoms with Gasteiger partial charge in [-0.2, -0.15) is 0 Å². The van der Waals surface area contributed by atoms with E-state index in [9.17, 15) is 0 Å². The molecule has 0 aromatic carbocycles. The van der Waals surface area contributed by atoms with Crippen LogP contribution in [0.15, 0.2) is 0 Å². The Balaban J connectivity index is 1.93. The summed E-state index contributed by atoms with van der Waals surface area (Å²) in [6.07, 6.45) is 0. The number of hydrogen-bond acceptors (Lipinski definition) is 0. The average molecular weight is 312 g/mol. The molecule has 0 amide bonds. The van der Waals surface area contributed by atoms with E-state index in [0.717, 1.165) is 38.8 Å². The van der Waals surface area contributed by atoms with Gasteiger partial charge in [-0.05, 0) is 0 Å². The molecule has 0 aromatic rings. The normalized spacial score (nSPS) is 133. The molecule has 20 heavy (non-hydrogen) atoms. The molecule has 0 radical (unpaired) electrons. The van der Waals surface area contributed by atoms with Crippen molar-refractivity contribution < 1.29 is 6.51 Å². The molecular weight excluding hydrogens is 284 g/mol. The van der Waals surface area contributed by atoms with Gasteiger partial charge >= 0.3 is 112 Å². The van der Waals surface area contributed by atoms with Gasteiger partial charge < -0.3 is 0 Å². The zero-order valence-corrected chi connectivity index (χ0v) is 15.5. The van der Waals surface area contributed by atoms with Crippen molar-refractivity contribution in [1.29, 1.82) is 0 Å². The standard InChI is InChI=1S/C10H15.C9H13.Fe/c1-6-7(2)9(4)10(5)8(6)3;1-6-5-7(2)9(4)8(6)3;/h1-5H3;5H,1-4H3;. The van der Waals surface area contributed by atoms with E-state index in [-0.39, 0.29) is 0 Å². The quantitative estimate of drug-likeness (QED) is 0.427. The van der Waals surface area contributed by atoms with Crippen LogP contribution in [0.4, 0.5) is 0 Å². The Morgan fingerprint density at radius 3 is 0.700 bits per heavy atom. The maximum absolute atomic E-state index is 3.80. The van der Waals surface area contributed by atoms with Gasteiger partial charge in [-0.25, -0.2) is 0 Å². The first-order valence-electron chi connectivity index (χ1n) is 8.87. The molecule has 0 aliphatic carbocycles. The molecule has 10 rings (SSSR count). The summed E-state index contributed by atoms with van der Waals surface area (Å²) < 4.78 is 7.64. The molecule has 0 aromatic heterocycles. The van der Waals surface area contributed by atoms with Gasteiger partial charge in [0.15, 0.2) is 0 Å². The molecule has 10 fully saturated rings. The van der Waals surface area contributed by atoms with Gasteiger partial charge in [-0.15, -0.1) is 0 Å². The average Bonchev–Trinajstić information content (AvgIpc) is 3.35. The molecule has 0 bridgehead atoms. The van der Waals surface area contributed by atoms with Crippen molar-refractivity contribution in [3.8, 4) is 0 Å². The third kappa shape index (κ3) is 0.0536. The van der Waals surface area contributed by atoms with Crippen LogP contribution in [-0.4, -0.2) is 0 Å². The van der Waals surface area contributed by atoms with Gasteiger partial charge in [0.2, 0.25) is 0 Å². The number of hydrogen-bond donors (Lipinski definition) is 0. The molecule has 4 atom stereocenters. The van der Waals surface area contributed by atoms with Crippen molar-refractivity contribution in [3.05, 3.63) is 0 Å². The second-order valence-electron chi connectivity index (χ2n) is 13.4. The van der Waals surface area contributed by atoms with Crippen LogP contribution in [0, 0.1) is 0 Å². The molecule has 0 saturated carbocycles. The van der Waals surface area contributed by atoms with Crippen molar-refractivity contribution >= 4 is 0 Å². The molecule has 1 spiro atoms. The number of rotatable bonds is 0. The Morgan fingerprint density at radius 2 is 0.700 bits per heavy atom. The maximum atomic E-state index is 2.87. The fourth-order valence-corrected chi connectivity index (χ4v) is 132. The second kappa shape index (κ2) is 0.637. The van der Waals surface area contributed by atoms with E-state index in [2.05, 4.69) is 62.3 Å². The van der Waals surface area contributed by atoms with Crippen LogP contribution in [0.3, 0.4) is 0 Å². The summed E-state index contributed by atoms with van der Waals surface area (Å²) >= 11 is 0. The van der Waals surface area contributed by atoms with Crippen molar-refractivity contribution in [3.63, 3.8) is 0 Å². The Morgan fingerprint density at radius 1 is 0.450 bits per heavy atom. The van der Waals surface area contributed by atoms with Gasteiger partial charge in [0, 0.05) is 0 Å². The summed E-state index contributed by atoms with van der Waals surface area (Å²) in [4.78, 5) is 1.26. The summed E-state index contributed by atoms with van der Waals surface area (Å²) in [6.45, 7) is 22.0. The van der Waals surface area contributed by atoms with Crippen LogP contribution in [0.25, 0.3) is 0 Å². The molecule has 112 valence electrons. The first kappa shape index (κ1) is 8.97. The van der Waals surface area contributed by atoms with Gasteiger partial charge in [0.25, 0.3) is 0 Å². The molecule has 10 saturated heterocycles. The Bertz CT molecular complexity index is 1060. The minimum absolute atomic E-state index is 0.843. The summed E-state index contributed by atoms with van der Waals surface area (Å²) in [7, 11) is 0. The summed E-state index contributed by atoms with van der Waals surface area (Å²) in [6, 6.07) is 0. The van der Waals surface area contributed by atoms with Gasteiger partial charge in [0.05, 0.1) is 0 Å². The van der Waals surface area contributed by atoms with E-state index < -0.39 is 6.51 Å².